The molecule has 6 heteroatoms. The molecule has 1 heterocycles. The lowest BCUT2D eigenvalue weighted by Crippen LogP contribution is -2.10. The largest absolute Gasteiger partial charge is 0.486 e. The Kier molecular flexibility index (Phi) is 5.85. The molecule has 0 atom stereocenters. The molecule has 0 spiro atoms. The van der Waals surface area contributed by atoms with Crippen LogP contribution in [0.1, 0.15) is 37.7 Å². The summed E-state index contributed by atoms with van der Waals surface area (Å²) in [6, 6.07) is 14.9. The van der Waals surface area contributed by atoms with Gasteiger partial charge in [0.05, 0.1) is 0 Å². The number of nitrogens with zero attached hydrogens (tertiary/aromatic N) is 3. The van der Waals surface area contributed by atoms with E-state index in [1.807, 2.05) is 29.8 Å². The van der Waals surface area contributed by atoms with Crippen molar-refractivity contribution in [2.75, 3.05) is 0 Å². The van der Waals surface area contributed by atoms with Crippen LogP contribution in [0.5, 0.6) is 5.75 Å². The highest BCUT2D eigenvalue weighted by atomic mass is 32.2. The highest BCUT2D eigenvalue weighted by Crippen LogP contribution is 2.25. The van der Waals surface area contributed by atoms with E-state index in [4.69, 9.17) is 4.74 Å². The first-order chi connectivity index (χ1) is 12.8. The van der Waals surface area contributed by atoms with Crippen LogP contribution in [0.15, 0.2) is 53.7 Å². The van der Waals surface area contributed by atoms with Crippen LogP contribution < -0.4 is 4.74 Å². The Morgan fingerprint density at radius 1 is 1.04 bits per heavy atom. The predicted octanol–water partition coefficient (Wildman–Crippen LogP) is 5.12. The summed E-state index contributed by atoms with van der Waals surface area (Å²) < 4.78 is 21.5. The van der Waals surface area contributed by atoms with Crippen molar-refractivity contribution >= 4 is 11.8 Å². The average molecular weight is 386 g/mol. The molecule has 0 radical (unpaired) electrons. The minimum atomic E-state index is -0.200. The lowest BCUT2D eigenvalue weighted by molar-refractivity contribution is 0.290. The van der Waals surface area contributed by atoms with Crippen molar-refractivity contribution in [2.45, 2.75) is 43.7 Å². The van der Waals surface area contributed by atoms with Crippen molar-refractivity contribution in [1.29, 1.82) is 0 Å². The first-order valence-corrected chi connectivity index (χ1v) is 9.81. The molecule has 3 aromatic rings. The maximum absolute atomic E-state index is 13.7. The average Bonchev–Trinajstić information content (AvgIpc) is 2.99. The molecule has 0 N–H and O–H groups in total. The third kappa shape index (κ3) is 4.89. The van der Waals surface area contributed by atoms with E-state index in [2.05, 4.69) is 43.1 Å². The number of rotatable bonds is 6. The SMILES string of the molecule is Cn1c(COc2ccc(C(C)(C)C)cc2)nnc1SCc1ccccc1F. The van der Waals surface area contributed by atoms with Gasteiger partial charge < -0.3 is 9.30 Å². The van der Waals surface area contributed by atoms with Crippen molar-refractivity contribution in [3.63, 3.8) is 0 Å². The fourth-order valence-electron chi connectivity index (χ4n) is 2.55. The zero-order chi connectivity index (χ0) is 19.4. The Balaban J connectivity index is 1.59. The maximum Gasteiger partial charge on any atom is 0.191 e. The summed E-state index contributed by atoms with van der Waals surface area (Å²) in [5.74, 6) is 1.83. The summed E-state index contributed by atoms with van der Waals surface area (Å²) >= 11 is 1.46. The van der Waals surface area contributed by atoms with Gasteiger partial charge in [-0.25, -0.2) is 4.39 Å². The van der Waals surface area contributed by atoms with Crippen LogP contribution in [-0.4, -0.2) is 14.8 Å². The fourth-order valence-corrected chi connectivity index (χ4v) is 3.47. The summed E-state index contributed by atoms with van der Waals surface area (Å²) in [5.41, 5.74) is 2.04. The third-order valence-corrected chi connectivity index (χ3v) is 5.40. The molecule has 0 saturated carbocycles. The van der Waals surface area contributed by atoms with Crippen molar-refractivity contribution in [3.8, 4) is 5.75 Å². The Morgan fingerprint density at radius 2 is 1.74 bits per heavy atom. The molecule has 1 aromatic heterocycles. The molecule has 0 amide bonds. The van der Waals surface area contributed by atoms with E-state index < -0.39 is 0 Å². The van der Waals surface area contributed by atoms with Crippen molar-refractivity contribution < 1.29 is 9.13 Å². The summed E-state index contributed by atoms with van der Waals surface area (Å²) in [5, 5.41) is 9.12. The fraction of sp³-hybridized carbons (Fsp3) is 0.333. The highest BCUT2D eigenvalue weighted by Gasteiger charge is 2.14. The second-order valence-electron chi connectivity index (χ2n) is 7.40. The van der Waals surface area contributed by atoms with Gasteiger partial charge in [-0.05, 0) is 34.7 Å². The number of hydrogen-bond acceptors (Lipinski definition) is 4. The summed E-state index contributed by atoms with van der Waals surface area (Å²) in [6.07, 6.45) is 0. The topological polar surface area (TPSA) is 39.9 Å². The van der Waals surface area contributed by atoms with E-state index in [0.717, 1.165) is 16.7 Å². The lowest BCUT2D eigenvalue weighted by atomic mass is 9.87. The minimum absolute atomic E-state index is 0.118. The second-order valence-corrected chi connectivity index (χ2v) is 8.34. The van der Waals surface area contributed by atoms with Crippen LogP contribution >= 0.6 is 11.8 Å². The summed E-state index contributed by atoms with van der Waals surface area (Å²) in [4.78, 5) is 0. The van der Waals surface area contributed by atoms with Gasteiger partial charge in [-0.2, -0.15) is 0 Å². The first kappa shape index (κ1) is 19.4. The van der Waals surface area contributed by atoms with E-state index in [9.17, 15) is 4.39 Å². The number of ether oxygens (including phenoxy) is 1. The zero-order valence-corrected chi connectivity index (χ0v) is 16.9. The van der Waals surface area contributed by atoms with Gasteiger partial charge in [-0.3, -0.25) is 0 Å². The molecule has 2 aromatic carbocycles. The van der Waals surface area contributed by atoms with Gasteiger partial charge in [0.1, 0.15) is 18.2 Å². The molecule has 0 unspecified atom stereocenters. The van der Waals surface area contributed by atoms with E-state index >= 15 is 0 Å². The molecule has 27 heavy (non-hydrogen) atoms. The normalized spacial score (nSPS) is 11.6. The van der Waals surface area contributed by atoms with Crippen LogP contribution in [0.2, 0.25) is 0 Å². The van der Waals surface area contributed by atoms with E-state index in [0.29, 0.717) is 17.9 Å². The Labute approximate surface area is 163 Å². The smallest absolute Gasteiger partial charge is 0.191 e. The number of hydrogen-bond donors (Lipinski definition) is 0. The molecule has 0 aliphatic heterocycles. The lowest BCUT2D eigenvalue weighted by Gasteiger charge is -2.19. The molecule has 4 nitrogen and oxygen atoms in total. The van der Waals surface area contributed by atoms with Crippen LogP contribution in [-0.2, 0) is 24.8 Å². The Bertz CT molecular complexity index is 901. The van der Waals surface area contributed by atoms with E-state index in [1.54, 1.807) is 12.1 Å². The number of benzene rings is 2. The maximum atomic E-state index is 13.7. The van der Waals surface area contributed by atoms with Gasteiger partial charge in [0.25, 0.3) is 0 Å². The second kappa shape index (κ2) is 8.13. The molecule has 0 saturated heterocycles. The molecule has 0 aliphatic carbocycles. The van der Waals surface area contributed by atoms with Crippen LogP contribution in [0, 0.1) is 5.82 Å². The van der Waals surface area contributed by atoms with Crippen molar-refractivity contribution in [1.82, 2.24) is 14.8 Å². The zero-order valence-electron chi connectivity index (χ0n) is 16.1. The molecule has 3 rings (SSSR count). The number of halogens is 1. The molecule has 0 bridgehead atoms. The molecular weight excluding hydrogens is 361 g/mol. The van der Waals surface area contributed by atoms with Gasteiger partial charge in [0.15, 0.2) is 11.0 Å². The van der Waals surface area contributed by atoms with Gasteiger partial charge in [-0.1, -0.05) is 62.9 Å². The van der Waals surface area contributed by atoms with Gasteiger partial charge in [0, 0.05) is 12.8 Å². The molecular formula is C21H24FN3OS. The highest BCUT2D eigenvalue weighted by molar-refractivity contribution is 7.98. The van der Waals surface area contributed by atoms with E-state index in [1.165, 1.54) is 23.4 Å². The van der Waals surface area contributed by atoms with Gasteiger partial charge in [0.2, 0.25) is 0 Å². The van der Waals surface area contributed by atoms with Crippen molar-refractivity contribution in [3.05, 3.63) is 71.3 Å². The quantitative estimate of drug-likeness (QED) is 0.552. The Hall–Kier alpha value is -2.34. The van der Waals surface area contributed by atoms with Gasteiger partial charge in [-0.15, -0.1) is 10.2 Å². The minimum Gasteiger partial charge on any atom is -0.486 e. The van der Waals surface area contributed by atoms with E-state index in [-0.39, 0.29) is 11.2 Å². The summed E-state index contributed by atoms with van der Waals surface area (Å²) in [6.45, 7) is 6.88. The Morgan fingerprint density at radius 3 is 2.41 bits per heavy atom. The van der Waals surface area contributed by atoms with Gasteiger partial charge >= 0.3 is 0 Å². The number of thioether (sulfide) groups is 1. The molecule has 142 valence electrons. The third-order valence-electron chi connectivity index (χ3n) is 4.33. The number of aromatic nitrogens is 3. The van der Waals surface area contributed by atoms with Crippen molar-refractivity contribution in [2.24, 2.45) is 7.05 Å². The van der Waals surface area contributed by atoms with Crippen LogP contribution in [0.25, 0.3) is 0 Å². The predicted molar refractivity (Wildman–Crippen MR) is 106 cm³/mol. The monoisotopic (exact) mass is 385 g/mol. The molecule has 0 aliphatic rings. The standard InChI is InChI=1S/C21H24FN3OS/c1-21(2,3)16-9-11-17(12-10-16)26-13-19-23-24-20(25(19)4)27-14-15-7-5-6-8-18(15)22/h5-12H,13-14H2,1-4H3. The first-order valence-electron chi connectivity index (χ1n) is 8.82. The van der Waals surface area contributed by atoms with Crippen LogP contribution in [0.4, 0.5) is 4.39 Å². The molecule has 0 fully saturated rings. The van der Waals surface area contributed by atoms with Crippen LogP contribution in [0.3, 0.4) is 0 Å². The summed E-state index contributed by atoms with van der Waals surface area (Å²) in [7, 11) is 1.89.